The molecule has 2 heterocycles. The quantitative estimate of drug-likeness (QED) is 0.632. The average molecular weight is 398 g/mol. The van der Waals surface area contributed by atoms with Gasteiger partial charge in [-0.15, -0.1) is 0 Å². The number of nitrogen functional groups attached to an aromatic ring is 1. The third kappa shape index (κ3) is 5.55. The van der Waals surface area contributed by atoms with Crippen LogP contribution in [0.2, 0.25) is 0 Å². The van der Waals surface area contributed by atoms with Crippen molar-refractivity contribution in [2.24, 2.45) is 0 Å². The van der Waals surface area contributed by atoms with Crippen molar-refractivity contribution >= 4 is 27.2 Å². The second-order valence-electron chi connectivity index (χ2n) is 6.15. The summed E-state index contributed by atoms with van der Waals surface area (Å²) in [6, 6.07) is 9.94. The molecule has 0 aliphatic carbocycles. The van der Waals surface area contributed by atoms with Gasteiger partial charge in [-0.2, -0.15) is 0 Å². The molecule has 0 aliphatic heterocycles. The Hall–Kier alpha value is -3.40. The molecular formula is C18H18N6O3S. The van der Waals surface area contributed by atoms with E-state index in [1.54, 1.807) is 42.7 Å². The van der Waals surface area contributed by atoms with Gasteiger partial charge in [0.2, 0.25) is 5.91 Å². The highest BCUT2D eigenvalue weighted by Crippen LogP contribution is 2.20. The number of nitrogens with one attached hydrogen (secondary N) is 1. The van der Waals surface area contributed by atoms with Gasteiger partial charge < -0.3 is 11.1 Å². The topological polar surface area (TPSA) is 141 Å². The summed E-state index contributed by atoms with van der Waals surface area (Å²) >= 11 is 0. The van der Waals surface area contributed by atoms with Gasteiger partial charge in [0.15, 0.2) is 15.7 Å². The Bertz CT molecular complexity index is 1090. The summed E-state index contributed by atoms with van der Waals surface area (Å²) < 4.78 is 23.0. The van der Waals surface area contributed by atoms with Gasteiger partial charge >= 0.3 is 0 Å². The van der Waals surface area contributed by atoms with Crippen LogP contribution in [0.3, 0.4) is 0 Å². The number of rotatable bonds is 6. The van der Waals surface area contributed by atoms with E-state index >= 15 is 0 Å². The van der Waals surface area contributed by atoms with Crippen LogP contribution < -0.4 is 11.1 Å². The first-order valence-corrected chi connectivity index (χ1v) is 10.3. The van der Waals surface area contributed by atoms with Crippen LogP contribution in [0, 0.1) is 0 Å². The van der Waals surface area contributed by atoms with Crippen molar-refractivity contribution in [2.75, 3.05) is 17.3 Å². The zero-order chi connectivity index (χ0) is 20.1. The van der Waals surface area contributed by atoms with Crippen LogP contribution in [0.4, 0.5) is 11.5 Å². The van der Waals surface area contributed by atoms with Crippen LogP contribution in [-0.4, -0.2) is 40.5 Å². The summed E-state index contributed by atoms with van der Waals surface area (Å²) in [4.78, 5) is 28.5. The highest BCUT2D eigenvalue weighted by molar-refractivity contribution is 7.89. The van der Waals surface area contributed by atoms with E-state index in [1.165, 1.54) is 6.07 Å². The Morgan fingerprint density at radius 1 is 1.11 bits per heavy atom. The van der Waals surface area contributed by atoms with Crippen LogP contribution in [0.15, 0.2) is 48.8 Å². The number of carbonyl (C=O) groups is 1. The maximum Gasteiger partial charge on any atom is 0.232 e. The predicted molar refractivity (Wildman–Crippen MR) is 105 cm³/mol. The molecular weight excluding hydrogens is 380 g/mol. The van der Waals surface area contributed by atoms with E-state index in [0.717, 1.165) is 6.26 Å². The number of aromatic nitrogens is 4. The Kier molecular flexibility index (Phi) is 5.59. The van der Waals surface area contributed by atoms with E-state index in [4.69, 9.17) is 5.73 Å². The number of nitrogens with zero attached hydrogens (tertiary/aromatic N) is 4. The molecule has 3 aromatic rings. The number of hydrogen-bond donors (Lipinski definition) is 2. The zero-order valence-electron chi connectivity index (χ0n) is 15.0. The van der Waals surface area contributed by atoms with E-state index in [-0.39, 0.29) is 23.9 Å². The third-order valence-electron chi connectivity index (χ3n) is 3.57. The highest BCUT2D eigenvalue weighted by atomic mass is 32.2. The van der Waals surface area contributed by atoms with Gasteiger partial charge in [-0.05, 0) is 30.3 Å². The molecule has 10 heteroatoms. The molecule has 0 saturated heterocycles. The molecule has 0 fully saturated rings. The molecule has 2 aromatic heterocycles. The molecule has 1 amide bonds. The van der Waals surface area contributed by atoms with Crippen molar-refractivity contribution in [2.45, 2.75) is 12.2 Å². The largest absolute Gasteiger partial charge is 0.384 e. The molecule has 28 heavy (non-hydrogen) atoms. The summed E-state index contributed by atoms with van der Waals surface area (Å²) in [7, 11) is -3.24. The Morgan fingerprint density at radius 3 is 2.43 bits per heavy atom. The van der Waals surface area contributed by atoms with Gasteiger partial charge in [0.25, 0.3) is 0 Å². The lowest BCUT2D eigenvalue weighted by atomic mass is 10.2. The number of sulfone groups is 1. The second-order valence-corrected chi connectivity index (χ2v) is 8.29. The minimum absolute atomic E-state index is 0.0653. The lowest BCUT2D eigenvalue weighted by Gasteiger charge is -2.08. The van der Waals surface area contributed by atoms with E-state index in [1.807, 2.05) is 0 Å². The molecule has 0 spiro atoms. The summed E-state index contributed by atoms with van der Waals surface area (Å²) in [5.41, 5.74) is 7.33. The van der Waals surface area contributed by atoms with Gasteiger partial charge in [0, 0.05) is 36.0 Å². The van der Waals surface area contributed by atoms with Gasteiger partial charge in [-0.1, -0.05) is 0 Å². The monoisotopic (exact) mass is 398 g/mol. The van der Waals surface area contributed by atoms with Gasteiger partial charge in [-0.25, -0.2) is 28.4 Å². The Labute approximate surface area is 162 Å². The standard InChI is InChI=1S/C18H18N6O3S/c1-28(26,27)11-14-9-15(19)24-18(23-14)12-3-5-13(6-4-12)22-17(25)10-16-20-7-2-8-21-16/h2-9H,10-11H2,1H3,(H,22,25)(H2,19,23,24). The van der Waals surface area contributed by atoms with Crippen LogP contribution in [0.1, 0.15) is 11.5 Å². The van der Waals surface area contributed by atoms with Crippen LogP contribution in [0.25, 0.3) is 11.4 Å². The fourth-order valence-electron chi connectivity index (χ4n) is 2.46. The smallest absolute Gasteiger partial charge is 0.232 e. The first-order chi connectivity index (χ1) is 13.3. The van der Waals surface area contributed by atoms with Crippen LogP contribution in [-0.2, 0) is 26.8 Å². The SMILES string of the molecule is CS(=O)(=O)Cc1cc(N)nc(-c2ccc(NC(=O)Cc3ncccn3)cc2)n1. The molecule has 9 nitrogen and oxygen atoms in total. The van der Waals surface area contributed by atoms with E-state index < -0.39 is 9.84 Å². The molecule has 0 radical (unpaired) electrons. The zero-order valence-corrected chi connectivity index (χ0v) is 15.8. The molecule has 144 valence electrons. The van der Waals surface area contributed by atoms with Gasteiger partial charge in [0.1, 0.15) is 11.6 Å². The first-order valence-electron chi connectivity index (χ1n) is 8.26. The molecule has 0 bridgehead atoms. The van der Waals surface area contributed by atoms with Gasteiger partial charge in [0.05, 0.1) is 17.9 Å². The van der Waals surface area contributed by atoms with Crippen molar-refractivity contribution in [3.8, 4) is 11.4 Å². The number of benzene rings is 1. The average Bonchev–Trinajstić information content (AvgIpc) is 2.61. The lowest BCUT2D eigenvalue weighted by Crippen LogP contribution is -2.15. The van der Waals surface area contributed by atoms with Gasteiger partial charge in [-0.3, -0.25) is 4.79 Å². The minimum atomic E-state index is -3.24. The molecule has 0 atom stereocenters. The summed E-state index contributed by atoms with van der Waals surface area (Å²) in [5, 5.41) is 2.76. The fraction of sp³-hybridized carbons (Fsp3) is 0.167. The number of carbonyl (C=O) groups excluding carboxylic acids is 1. The minimum Gasteiger partial charge on any atom is -0.384 e. The van der Waals surface area contributed by atoms with Crippen LogP contribution in [0.5, 0.6) is 0 Å². The molecule has 1 aromatic carbocycles. The highest BCUT2D eigenvalue weighted by Gasteiger charge is 2.11. The predicted octanol–water partition coefficient (Wildman–Crippen LogP) is 1.24. The summed E-state index contributed by atoms with van der Waals surface area (Å²) in [6.45, 7) is 0. The van der Waals surface area contributed by atoms with Crippen molar-refractivity contribution in [1.82, 2.24) is 19.9 Å². The molecule has 0 unspecified atom stereocenters. The van der Waals surface area contributed by atoms with Crippen molar-refractivity contribution in [3.05, 3.63) is 60.3 Å². The Balaban J connectivity index is 1.73. The maximum absolute atomic E-state index is 12.1. The van der Waals surface area contributed by atoms with Crippen LogP contribution >= 0.6 is 0 Å². The van der Waals surface area contributed by atoms with E-state index in [9.17, 15) is 13.2 Å². The number of nitrogens with two attached hydrogens (primary N) is 1. The fourth-order valence-corrected chi connectivity index (χ4v) is 3.15. The number of amides is 1. The third-order valence-corrected chi connectivity index (χ3v) is 4.39. The summed E-state index contributed by atoms with van der Waals surface area (Å²) in [5.74, 6) is 0.471. The van der Waals surface area contributed by atoms with E-state index in [0.29, 0.717) is 28.6 Å². The molecule has 3 N–H and O–H groups in total. The molecule has 0 aliphatic rings. The lowest BCUT2D eigenvalue weighted by molar-refractivity contribution is -0.115. The Morgan fingerprint density at radius 2 is 1.79 bits per heavy atom. The van der Waals surface area contributed by atoms with Crippen molar-refractivity contribution in [3.63, 3.8) is 0 Å². The first kappa shape index (κ1) is 19.4. The van der Waals surface area contributed by atoms with Crippen molar-refractivity contribution in [1.29, 1.82) is 0 Å². The molecule has 3 rings (SSSR count). The normalized spacial score (nSPS) is 11.2. The van der Waals surface area contributed by atoms with Crippen molar-refractivity contribution < 1.29 is 13.2 Å². The molecule has 0 saturated carbocycles. The second kappa shape index (κ2) is 8.09. The number of anilines is 2. The maximum atomic E-state index is 12.1. The van der Waals surface area contributed by atoms with E-state index in [2.05, 4.69) is 25.3 Å². The summed E-state index contributed by atoms with van der Waals surface area (Å²) in [6.07, 6.45) is 4.35. The number of hydrogen-bond acceptors (Lipinski definition) is 8.